The van der Waals surface area contributed by atoms with E-state index in [4.69, 9.17) is 10.9 Å². The Balaban J connectivity index is 5.17. The van der Waals surface area contributed by atoms with Crippen molar-refractivity contribution in [3.8, 4) is 0 Å². The number of hydrogen-bond donors (Lipinski definition) is 2. The predicted octanol–water partition coefficient (Wildman–Crippen LogP) is 1.67. The molecule has 0 aromatic heterocycles. The van der Waals surface area contributed by atoms with Gasteiger partial charge in [0.05, 0.1) is 5.70 Å². The molecule has 0 fully saturated rings. The highest BCUT2D eigenvalue weighted by atomic mass is 16.4. The molecule has 3 N–H and O–H groups in total. The van der Waals surface area contributed by atoms with E-state index in [0.717, 1.165) is 5.70 Å². The van der Waals surface area contributed by atoms with Crippen molar-refractivity contribution in [1.29, 1.82) is 0 Å². The number of aliphatic imine (C=N–C) groups is 1. The van der Waals surface area contributed by atoms with Crippen molar-refractivity contribution in [2.75, 3.05) is 0 Å². The van der Waals surface area contributed by atoms with Gasteiger partial charge in [-0.1, -0.05) is 24.7 Å². The first kappa shape index (κ1) is 11.4. The second-order valence-corrected chi connectivity index (χ2v) is 2.29. The standard InChI is InChI=1S/C9H15N3O/c1-4-7(9(10)12-13)8(5-2)11-6-3/h4,6,13H,1,5H2,2-3H3,(H2,10,12)/b8-7+,11-6?. The van der Waals surface area contributed by atoms with E-state index < -0.39 is 0 Å². The fraction of sp³-hybridized carbons (Fsp3) is 0.333. The van der Waals surface area contributed by atoms with Gasteiger partial charge < -0.3 is 10.9 Å². The van der Waals surface area contributed by atoms with E-state index in [2.05, 4.69) is 16.7 Å². The van der Waals surface area contributed by atoms with Gasteiger partial charge in [0.2, 0.25) is 0 Å². The van der Waals surface area contributed by atoms with E-state index in [1.807, 2.05) is 13.8 Å². The third kappa shape index (κ3) is 3.11. The molecule has 0 unspecified atom stereocenters. The molecule has 0 bridgehead atoms. The van der Waals surface area contributed by atoms with Crippen molar-refractivity contribution in [2.45, 2.75) is 20.3 Å². The van der Waals surface area contributed by atoms with Gasteiger partial charge in [0, 0.05) is 11.8 Å². The molecule has 0 atom stereocenters. The summed E-state index contributed by atoms with van der Waals surface area (Å²) in [7, 11) is 0. The van der Waals surface area contributed by atoms with Crippen LogP contribution in [0.3, 0.4) is 0 Å². The quantitative estimate of drug-likeness (QED) is 0.228. The van der Waals surface area contributed by atoms with Gasteiger partial charge in [-0.15, -0.1) is 0 Å². The van der Waals surface area contributed by atoms with E-state index in [1.165, 1.54) is 6.08 Å². The van der Waals surface area contributed by atoms with Gasteiger partial charge in [-0.3, -0.25) is 4.99 Å². The minimum absolute atomic E-state index is 0.0393. The van der Waals surface area contributed by atoms with E-state index in [0.29, 0.717) is 12.0 Å². The van der Waals surface area contributed by atoms with Crippen LogP contribution in [0.5, 0.6) is 0 Å². The van der Waals surface area contributed by atoms with Crippen molar-refractivity contribution in [3.05, 3.63) is 23.9 Å². The van der Waals surface area contributed by atoms with Gasteiger partial charge in [0.15, 0.2) is 5.84 Å². The molecule has 13 heavy (non-hydrogen) atoms. The molecule has 4 nitrogen and oxygen atoms in total. The molecular weight excluding hydrogens is 166 g/mol. The molecule has 0 radical (unpaired) electrons. The summed E-state index contributed by atoms with van der Waals surface area (Å²) < 4.78 is 0. The van der Waals surface area contributed by atoms with Crippen LogP contribution in [-0.2, 0) is 0 Å². The Hall–Kier alpha value is -1.58. The Morgan fingerprint density at radius 3 is 2.54 bits per heavy atom. The number of nitrogens with two attached hydrogens (primary N) is 1. The lowest BCUT2D eigenvalue weighted by Crippen LogP contribution is -2.15. The van der Waals surface area contributed by atoms with Crippen LogP contribution in [0.15, 0.2) is 34.1 Å². The third-order valence-electron chi connectivity index (χ3n) is 1.52. The Bertz CT molecular complexity index is 264. The highest BCUT2D eigenvalue weighted by Gasteiger charge is 2.04. The molecule has 0 saturated carbocycles. The fourth-order valence-corrected chi connectivity index (χ4v) is 0.931. The monoisotopic (exact) mass is 181 g/mol. The Morgan fingerprint density at radius 1 is 1.62 bits per heavy atom. The smallest absolute Gasteiger partial charge is 0.171 e. The highest BCUT2D eigenvalue weighted by Crippen LogP contribution is 2.11. The number of amidine groups is 1. The average Bonchev–Trinajstić information content (AvgIpc) is 2.17. The van der Waals surface area contributed by atoms with Gasteiger partial charge in [-0.05, 0) is 13.3 Å². The maximum Gasteiger partial charge on any atom is 0.171 e. The first-order valence-electron chi connectivity index (χ1n) is 4.03. The summed E-state index contributed by atoms with van der Waals surface area (Å²) in [4.78, 5) is 4.09. The van der Waals surface area contributed by atoms with Crippen molar-refractivity contribution in [3.63, 3.8) is 0 Å². The minimum atomic E-state index is 0.0393. The summed E-state index contributed by atoms with van der Waals surface area (Å²) in [5, 5.41) is 11.4. The van der Waals surface area contributed by atoms with Crippen LogP contribution in [-0.4, -0.2) is 17.3 Å². The van der Waals surface area contributed by atoms with Gasteiger partial charge in [-0.25, -0.2) is 0 Å². The molecule has 0 spiro atoms. The van der Waals surface area contributed by atoms with Crippen LogP contribution in [0, 0.1) is 0 Å². The largest absolute Gasteiger partial charge is 0.409 e. The van der Waals surface area contributed by atoms with Crippen molar-refractivity contribution >= 4 is 12.1 Å². The zero-order valence-corrected chi connectivity index (χ0v) is 7.99. The lowest BCUT2D eigenvalue weighted by atomic mass is 10.1. The summed E-state index contributed by atoms with van der Waals surface area (Å²) in [5.41, 5.74) is 6.76. The van der Waals surface area contributed by atoms with Crippen LogP contribution in [0.2, 0.25) is 0 Å². The molecule has 0 heterocycles. The minimum Gasteiger partial charge on any atom is -0.409 e. The van der Waals surface area contributed by atoms with Crippen LogP contribution in [0.1, 0.15) is 20.3 Å². The summed E-state index contributed by atoms with van der Waals surface area (Å²) in [6.07, 6.45) is 3.90. The summed E-state index contributed by atoms with van der Waals surface area (Å²) in [5.74, 6) is 0.0393. The second kappa shape index (κ2) is 5.99. The maximum atomic E-state index is 8.48. The van der Waals surface area contributed by atoms with Crippen molar-refractivity contribution < 1.29 is 5.21 Å². The number of allylic oxidation sites excluding steroid dienone is 1. The number of nitrogens with zero attached hydrogens (tertiary/aromatic N) is 2. The van der Waals surface area contributed by atoms with Gasteiger partial charge in [0.1, 0.15) is 0 Å². The number of hydrogen-bond acceptors (Lipinski definition) is 3. The van der Waals surface area contributed by atoms with Crippen molar-refractivity contribution in [1.82, 2.24) is 0 Å². The van der Waals surface area contributed by atoms with E-state index in [-0.39, 0.29) is 5.84 Å². The van der Waals surface area contributed by atoms with Crippen LogP contribution in [0.25, 0.3) is 0 Å². The number of oxime groups is 1. The molecular formula is C9H15N3O. The molecule has 0 amide bonds. The highest BCUT2D eigenvalue weighted by molar-refractivity contribution is 5.99. The summed E-state index contributed by atoms with van der Waals surface area (Å²) >= 11 is 0. The predicted molar refractivity (Wildman–Crippen MR) is 55.1 cm³/mol. The zero-order chi connectivity index (χ0) is 10.3. The Labute approximate surface area is 78.2 Å². The van der Waals surface area contributed by atoms with E-state index in [1.54, 1.807) is 6.21 Å². The molecule has 0 aliphatic heterocycles. The average molecular weight is 181 g/mol. The van der Waals surface area contributed by atoms with E-state index in [9.17, 15) is 0 Å². The zero-order valence-electron chi connectivity index (χ0n) is 7.99. The maximum absolute atomic E-state index is 8.48. The lowest BCUT2D eigenvalue weighted by Gasteiger charge is -2.03. The number of rotatable bonds is 4. The van der Waals surface area contributed by atoms with Crippen LogP contribution >= 0.6 is 0 Å². The van der Waals surface area contributed by atoms with Crippen LogP contribution < -0.4 is 5.73 Å². The fourth-order valence-electron chi connectivity index (χ4n) is 0.931. The molecule has 72 valence electrons. The Kier molecular flexibility index (Phi) is 5.27. The molecule has 0 aromatic rings. The van der Waals surface area contributed by atoms with Gasteiger partial charge >= 0.3 is 0 Å². The normalized spacial score (nSPS) is 14.5. The summed E-state index contributed by atoms with van der Waals surface area (Å²) in [6, 6.07) is 0. The topological polar surface area (TPSA) is 71.0 Å². The SMILES string of the molecule is C=CC(/C(N)=N/O)=C(/CC)N=CC. The molecule has 0 rings (SSSR count). The molecule has 0 aliphatic carbocycles. The first-order valence-corrected chi connectivity index (χ1v) is 4.03. The lowest BCUT2D eigenvalue weighted by molar-refractivity contribution is 0.318. The first-order chi connectivity index (χ1) is 6.21. The van der Waals surface area contributed by atoms with Crippen molar-refractivity contribution in [2.24, 2.45) is 15.9 Å². The summed E-state index contributed by atoms with van der Waals surface area (Å²) in [6.45, 7) is 7.33. The van der Waals surface area contributed by atoms with Gasteiger partial charge in [-0.2, -0.15) is 0 Å². The molecule has 4 heteroatoms. The molecule has 0 aromatic carbocycles. The third-order valence-corrected chi connectivity index (χ3v) is 1.52. The van der Waals surface area contributed by atoms with Crippen LogP contribution in [0.4, 0.5) is 0 Å². The molecule has 0 aliphatic rings. The molecule has 0 saturated heterocycles. The van der Waals surface area contributed by atoms with E-state index >= 15 is 0 Å². The Morgan fingerprint density at radius 2 is 2.23 bits per heavy atom. The van der Waals surface area contributed by atoms with Gasteiger partial charge in [0.25, 0.3) is 0 Å². The second-order valence-electron chi connectivity index (χ2n) is 2.29.